The summed E-state index contributed by atoms with van der Waals surface area (Å²) in [7, 11) is 0. The number of fused-ring (bicyclic) bond motifs is 1. The highest BCUT2D eigenvalue weighted by molar-refractivity contribution is 6.36. The van der Waals surface area contributed by atoms with Crippen molar-refractivity contribution in [2.45, 2.75) is 20.8 Å². The van der Waals surface area contributed by atoms with Crippen molar-refractivity contribution in [1.82, 2.24) is 0 Å². The number of ketones is 2. The van der Waals surface area contributed by atoms with Gasteiger partial charge in [0, 0.05) is 28.9 Å². The van der Waals surface area contributed by atoms with E-state index in [1.165, 1.54) is 0 Å². The Morgan fingerprint density at radius 2 is 1.29 bits per heavy atom. The third kappa shape index (κ3) is 2.93. The van der Waals surface area contributed by atoms with E-state index in [9.17, 15) is 9.59 Å². The van der Waals surface area contributed by atoms with Gasteiger partial charge in [-0.15, -0.1) is 0 Å². The number of aryl methyl sites for hydroxylation is 3. The quantitative estimate of drug-likeness (QED) is 0.702. The molecule has 0 aliphatic heterocycles. The molecule has 0 unspecified atom stereocenters. The van der Waals surface area contributed by atoms with Gasteiger partial charge >= 0.3 is 0 Å². The lowest BCUT2D eigenvalue weighted by Gasteiger charge is -2.20. The molecule has 1 heterocycles. The molecule has 0 saturated carbocycles. The first-order valence-electron chi connectivity index (χ1n) is 9.21. The van der Waals surface area contributed by atoms with Crippen LogP contribution in [0.4, 0.5) is 5.69 Å². The Morgan fingerprint density at radius 3 is 1.89 bits per heavy atom. The van der Waals surface area contributed by atoms with Gasteiger partial charge in [-0.3, -0.25) is 9.59 Å². The average Bonchev–Trinajstić information content (AvgIpc) is 2.69. The van der Waals surface area contributed by atoms with Crippen molar-refractivity contribution < 1.29 is 14.2 Å². The zero-order chi connectivity index (χ0) is 19.8. The van der Waals surface area contributed by atoms with Crippen molar-refractivity contribution >= 4 is 23.0 Å². The SMILES string of the molecule is Cc1cc[n+](C2=C(Nc3c(C)cccc3C)C(=O)c3ccccc3C2=O)cc1. The molecule has 1 aliphatic carbocycles. The number of hydrogen-bond donors (Lipinski definition) is 1. The van der Waals surface area contributed by atoms with Gasteiger partial charge in [0.05, 0.1) is 0 Å². The van der Waals surface area contributed by atoms with Gasteiger partial charge in [0.25, 0.3) is 11.5 Å². The molecule has 1 aliphatic rings. The van der Waals surface area contributed by atoms with Gasteiger partial charge in [0.15, 0.2) is 18.1 Å². The lowest BCUT2D eigenvalue weighted by molar-refractivity contribution is -0.577. The normalized spacial score (nSPS) is 13.5. The predicted octanol–water partition coefficient (Wildman–Crippen LogP) is 4.26. The number of carbonyl (C=O) groups excluding carboxylic acids is 2. The lowest BCUT2D eigenvalue weighted by atomic mass is 9.89. The number of pyridine rings is 1. The molecule has 4 heteroatoms. The fraction of sp³-hybridized carbons (Fsp3) is 0.125. The van der Waals surface area contributed by atoms with Crippen LogP contribution in [-0.2, 0) is 0 Å². The van der Waals surface area contributed by atoms with Crippen LogP contribution in [0.1, 0.15) is 37.4 Å². The van der Waals surface area contributed by atoms with Crippen molar-refractivity contribution in [2.75, 3.05) is 5.32 Å². The fourth-order valence-corrected chi connectivity index (χ4v) is 3.51. The number of anilines is 1. The first-order valence-corrected chi connectivity index (χ1v) is 9.21. The van der Waals surface area contributed by atoms with Crippen LogP contribution in [0.3, 0.4) is 0 Å². The van der Waals surface area contributed by atoms with Gasteiger partial charge in [-0.1, -0.05) is 42.5 Å². The van der Waals surface area contributed by atoms with Crippen LogP contribution >= 0.6 is 0 Å². The van der Waals surface area contributed by atoms with Crippen LogP contribution < -0.4 is 9.88 Å². The summed E-state index contributed by atoms with van der Waals surface area (Å²) >= 11 is 0. The first kappa shape index (κ1) is 17.9. The molecule has 0 spiro atoms. The monoisotopic (exact) mass is 369 g/mol. The highest BCUT2D eigenvalue weighted by atomic mass is 16.1. The molecule has 3 aromatic rings. The van der Waals surface area contributed by atoms with E-state index in [-0.39, 0.29) is 11.6 Å². The van der Waals surface area contributed by atoms with Crippen molar-refractivity contribution in [3.8, 4) is 0 Å². The van der Waals surface area contributed by atoms with Gasteiger partial charge < -0.3 is 5.32 Å². The highest BCUT2D eigenvalue weighted by Gasteiger charge is 2.38. The minimum atomic E-state index is -0.180. The molecule has 0 bridgehead atoms. The van der Waals surface area contributed by atoms with E-state index >= 15 is 0 Å². The summed E-state index contributed by atoms with van der Waals surface area (Å²) < 4.78 is 1.72. The van der Waals surface area contributed by atoms with Gasteiger partial charge in [-0.05, 0) is 37.5 Å². The van der Waals surface area contributed by atoms with Gasteiger partial charge in [-0.25, -0.2) is 0 Å². The molecule has 28 heavy (non-hydrogen) atoms. The molecule has 1 aromatic heterocycles. The molecule has 0 atom stereocenters. The maximum absolute atomic E-state index is 13.4. The number of benzene rings is 2. The second-order valence-corrected chi connectivity index (χ2v) is 7.10. The molecule has 0 fully saturated rings. The van der Waals surface area contributed by atoms with Gasteiger partial charge in [-0.2, -0.15) is 4.57 Å². The Morgan fingerprint density at radius 1 is 0.714 bits per heavy atom. The Hall–Kier alpha value is -3.53. The first-order chi connectivity index (χ1) is 13.5. The molecule has 0 amide bonds. The molecule has 0 saturated heterocycles. The summed E-state index contributed by atoms with van der Waals surface area (Å²) in [4.78, 5) is 26.7. The van der Waals surface area contributed by atoms with E-state index in [2.05, 4.69) is 5.32 Å². The van der Waals surface area contributed by atoms with E-state index < -0.39 is 0 Å². The number of Topliss-reactive ketones (excluding diaryl/α,β-unsaturated/α-hetero) is 2. The zero-order valence-corrected chi connectivity index (χ0v) is 16.1. The Balaban J connectivity index is 1.95. The molecule has 0 radical (unpaired) electrons. The number of rotatable bonds is 3. The number of carbonyl (C=O) groups is 2. The van der Waals surface area contributed by atoms with Gasteiger partial charge in [0.2, 0.25) is 5.78 Å². The summed E-state index contributed by atoms with van der Waals surface area (Å²) in [6, 6.07) is 16.8. The van der Waals surface area contributed by atoms with Crippen LogP contribution in [-0.4, -0.2) is 11.6 Å². The third-order valence-corrected chi connectivity index (χ3v) is 5.08. The summed E-state index contributed by atoms with van der Waals surface area (Å²) in [6.07, 6.45) is 3.63. The second kappa shape index (κ2) is 6.89. The standard InChI is InChI=1S/C24H20N2O2/c1-15-11-13-26(14-12-15)22-21(25-20-16(2)7-6-8-17(20)3)23(27)18-9-4-5-10-19(18)24(22)28/h4-14H,1-3H3/p+1. The number of aromatic nitrogens is 1. The molecule has 1 N–H and O–H groups in total. The Kier molecular flexibility index (Phi) is 4.40. The van der Waals surface area contributed by atoms with Crippen LogP contribution in [0.15, 0.2) is 72.7 Å². The molecule has 4 nitrogen and oxygen atoms in total. The van der Waals surface area contributed by atoms with E-state index in [0.29, 0.717) is 22.5 Å². The van der Waals surface area contributed by atoms with Crippen molar-refractivity contribution in [2.24, 2.45) is 0 Å². The molecule has 4 rings (SSSR count). The second-order valence-electron chi connectivity index (χ2n) is 7.10. The average molecular weight is 369 g/mol. The van der Waals surface area contributed by atoms with Crippen molar-refractivity contribution in [3.05, 3.63) is 101 Å². The molecule has 138 valence electrons. The van der Waals surface area contributed by atoms with Crippen molar-refractivity contribution in [3.63, 3.8) is 0 Å². The Bertz CT molecular complexity index is 1120. The van der Waals surface area contributed by atoms with E-state index in [0.717, 1.165) is 22.4 Å². The predicted molar refractivity (Wildman–Crippen MR) is 109 cm³/mol. The van der Waals surface area contributed by atoms with Crippen LogP contribution in [0.25, 0.3) is 5.70 Å². The molecular formula is C24H21N2O2+. The van der Waals surface area contributed by atoms with E-state index in [4.69, 9.17) is 0 Å². The van der Waals surface area contributed by atoms with E-state index in [1.807, 2.05) is 63.5 Å². The largest absolute Gasteiger partial charge is 0.346 e. The maximum Gasteiger partial charge on any atom is 0.286 e. The van der Waals surface area contributed by atoms with E-state index in [1.54, 1.807) is 28.8 Å². The van der Waals surface area contributed by atoms with Crippen LogP contribution in [0.5, 0.6) is 0 Å². The number of nitrogens with zero attached hydrogens (tertiary/aromatic N) is 1. The number of para-hydroxylation sites is 1. The van der Waals surface area contributed by atoms with Crippen molar-refractivity contribution in [1.29, 1.82) is 0 Å². The smallest absolute Gasteiger partial charge is 0.286 e. The van der Waals surface area contributed by atoms with Crippen LogP contribution in [0, 0.1) is 20.8 Å². The zero-order valence-electron chi connectivity index (χ0n) is 16.1. The summed E-state index contributed by atoms with van der Waals surface area (Å²) in [5.41, 5.74) is 5.46. The number of hydrogen-bond acceptors (Lipinski definition) is 3. The van der Waals surface area contributed by atoms with Gasteiger partial charge in [0.1, 0.15) is 0 Å². The Labute approximate surface area is 164 Å². The summed E-state index contributed by atoms with van der Waals surface area (Å²) in [5.74, 6) is -0.348. The molecule has 2 aromatic carbocycles. The third-order valence-electron chi connectivity index (χ3n) is 5.08. The number of allylic oxidation sites excluding steroid dienone is 2. The summed E-state index contributed by atoms with van der Waals surface area (Å²) in [6.45, 7) is 5.95. The summed E-state index contributed by atoms with van der Waals surface area (Å²) in [5, 5.41) is 3.29. The minimum Gasteiger partial charge on any atom is -0.346 e. The maximum atomic E-state index is 13.4. The number of nitrogens with one attached hydrogen (secondary N) is 1. The lowest BCUT2D eigenvalue weighted by Crippen LogP contribution is -2.42. The topological polar surface area (TPSA) is 50.1 Å². The minimum absolute atomic E-state index is 0.169. The fourth-order valence-electron chi connectivity index (χ4n) is 3.51. The molecular weight excluding hydrogens is 348 g/mol. The highest BCUT2D eigenvalue weighted by Crippen LogP contribution is 2.29. The van der Waals surface area contributed by atoms with Crippen LogP contribution in [0.2, 0.25) is 0 Å².